The highest BCUT2D eigenvalue weighted by molar-refractivity contribution is 5.19. The van der Waals surface area contributed by atoms with Gasteiger partial charge in [0.05, 0.1) is 12.7 Å². The summed E-state index contributed by atoms with van der Waals surface area (Å²) in [5, 5.41) is 19.9. The summed E-state index contributed by atoms with van der Waals surface area (Å²) >= 11 is 0. The Morgan fingerprint density at radius 3 is 2.40 bits per heavy atom. The summed E-state index contributed by atoms with van der Waals surface area (Å²) in [5.41, 5.74) is 0.738. The van der Waals surface area contributed by atoms with Gasteiger partial charge >= 0.3 is 0 Å². The van der Waals surface area contributed by atoms with E-state index in [-0.39, 0.29) is 12.0 Å². The van der Waals surface area contributed by atoms with Gasteiger partial charge in [0.15, 0.2) is 0 Å². The van der Waals surface area contributed by atoms with Crippen LogP contribution in [0.25, 0.3) is 0 Å². The maximum Gasteiger partial charge on any atom is 0.0853 e. The lowest BCUT2D eigenvalue weighted by atomic mass is 9.80. The number of benzene rings is 1. The molecule has 1 aromatic rings. The summed E-state index contributed by atoms with van der Waals surface area (Å²) in [6, 6.07) is 10.4. The molecule has 1 aromatic carbocycles. The lowest BCUT2D eigenvalue weighted by Crippen LogP contribution is -2.47. The van der Waals surface area contributed by atoms with Crippen LogP contribution < -0.4 is 0 Å². The number of aliphatic hydroxyl groups is 2. The normalized spacial score (nSPS) is 18.1. The van der Waals surface area contributed by atoms with Gasteiger partial charge in [-0.1, -0.05) is 50.6 Å². The molecule has 3 heteroatoms. The molecule has 0 radical (unpaired) electrons. The van der Waals surface area contributed by atoms with E-state index in [1.54, 1.807) is 0 Å². The van der Waals surface area contributed by atoms with Crippen molar-refractivity contribution in [1.29, 1.82) is 0 Å². The summed E-state index contributed by atoms with van der Waals surface area (Å²) in [7, 11) is 0. The van der Waals surface area contributed by atoms with E-state index in [0.29, 0.717) is 12.6 Å². The predicted octanol–water partition coefficient (Wildman–Crippen LogP) is 2.59. The first-order valence-corrected chi connectivity index (χ1v) is 7.62. The topological polar surface area (TPSA) is 43.7 Å². The van der Waals surface area contributed by atoms with Crippen LogP contribution in [0.3, 0.4) is 0 Å². The van der Waals surface area contributed by atoms with Crippen molar-refractivity contribution in [2.24, 2.45) is 5.41 Å². The summed E-state index contributed by atoms with van der Waals surface area (Å²) < 4.78 is 0. The van der Waals surface area contributed by atoms with E-state index in [9.17, 15) is 10.2 Å². The van der Waals surface area contributed by atoms with Crippen molar-refractivity contribution in [3.63, 3.8) is 0 Å². The molecule has 0 aliphatic heterocycles. The number of rotatable bonds is 7. The van der Waals surface area contributed by atoms with Gasteiger partial charge in [-0.3, -0.25) is 4.90 Å². The first kappa shape index (κ1) is 15.5. The van der Waals surface area contributed by atoms with Gasteiger partial charge < -0.3 is 10.2 Å². The molecule has 1 fully saturated rings. The van der Waals surface area contributed by atoms with Crippen molar-refractivity contribution < 1.29 is 10.2 Å². The van der Waals surface area contributed by atoms with Crippen LogP contribution >= 0.6 is 0 Å². The van der Waals surface area contributed by atoms with Gasteiger partial charge in [0, 0.05) is 24.5 Å². The zero-order valence-electron chi connectivity index (χ0n) is 12.6. The third-order valence-corrected chi connectivity index (χ3v) is 4.44. The predicted molar refractivity (Wildman–Crippen MR) is 81.5 cm³/mol. The van der Waals surface area contributed by atoms with Crippen LogP contribution in [0.2, 0.25) is 0 Å². The molecule has 3 nitrogen and oxygen atoms in total. The zero-order valence-corrected chi connectivity index (χ0v) is 12.6. The molecule has 20 heavy (non-hydrogen) atoms. The van der Waals surface area contributed by atoms with Gasteiger partial charge in [0.2, 0.25) is 0 Å². The molecule has 112 valence electrons. The molecule has 0 bridgehead atoms. The van der Waals surface area contributed by atoms with Crippen LogP contribution in [0.1, 0.15) is 44.8 Å². The van der Waals surface area contributed by atoms with Crippen molar-refractivity contribution in [1.82, 2.24) is 4.90 Å². The second-order valence-electron chi connectivity index (χ2n) is 6.58. The average Bonchev–Trinajstić information content (AvgIpc) is 2.36. The van der Waals surface area contributed by atoms with Crippen LogP contribution in [-0.4, -0.2) is 40.9 Å². The lowest BCUT2D eigenvalue weighted by Gasteiger charge is -2.43. The third-order valence-electron chi connectivity index (χ3n) is 4.44. The quantitative estimate of drug-likeness (QED) is 0.805. The second-order valence-corrected chi connectivity index (χ2v) is 6.58. The Bertz CT molecular complexity index is 401. The molecule has 0 aromatic heterocycles. The number of hydrogen-bond donors (Lipinski definition) is 2. The fourth-order valence-electron chi connectivity index (χ4n) is 2.97. The van der Waals surface area contributed by atoms with Crippen LogP contribution in [0.15, 0.2) is 30.3 Å². The van der Waals surface area contributed by atoms with E-state index < -0.39 is 6.10 Å². The molecule has 2 rings (SSSR count). The summed E-state index contributed by atoms with van der Waals surface area (Å²) in [6.45, 7) is 5.92. The fraction of sp³-hybridized carbons (Fsp3) is 0.647. The Balaban J connectivity index is 2.04. The summed E-state index contributed by atoms with van der Waals surface area (Å²) in [6.07, 6.45) is 3.24. The number of nitrogens with zero attached hydrogens (tertiary/aromatic N) is 1. The second kappa shape index (κ2) is 6.70. The smallest absolute Gasteiger partial charge is 0.0853 e. The van der Waals surface area contributed by atoms with Gasteiger partial charge in [0.25, 0.3) is 0 Å². The van der Waals surface area contributed by atoms with E-state index in [2.05, 4.69) is 18.7 Å². The first-order valence-electron chi connectivity index (χ1n) is 7.62. The fourth-order valence-corrected chi connectivity index (χ4v) is 2.97. The van der Waals surface area contributed by atoms with Crippen LogP contribution in [-0.2, 0) is 0 Å². The van der Waals surface area contributed by atoms with E-state index >= 15 is 0 Å². The Morgan fingerprint density at radius 1 is 1.25 bits per heavy atom. The molecule has 1 aliphatic rings. The average molecular weight is 277 g/mol. The van der Waals surface area contributed by atoms with Crippen LogP contribution in [0.5, 0.6) is 0 Å². The molecule has 2 N–H and O–H groups in total. The Hall–Kier alpha value is -0.900. The highest BCUT2D eigenvalue weighted by atomic mass is 16.3. The van der Waals surface area contributed by atoms with Crippen LogP contribution in [0, 0.1) is 5.41 Å². The van der Waals surface area contributed by atoms with Crippen molar-refractivity contribution in [3.8, 4) is 0 Å². The summed E-state index contributed by atoms with van der Waals surface area (Å²) in [5.74, 6) is 0. The molecular weight excluding hydrogens is 250 g/mol. The maximum absolute atomic E-state index is 10.6. The minimum absolute atomic E-state index is 0.189. The molecule has 1 saturated carbocycles. The van der Waals surface area contributed by atoms with Crippen LogP contribution in [0.4, 0.5) is 0 Å². The van der Waals surface area contributed by atoms with E-state index in [1.165, 1.54) is 19.3 Å². The first-order chi connectivity index (χ1) is 9.54. The molecule has 1 atom stereocenters. The molecule has 0 heterocycles. The number of aliphatic hydroxyl groups excluding tert-OH is 2. The Labute approximate surface area is 122 Å². The minimum Gasteiger partial charge on any atom is -0.395 e. The largest absolute Gasteiger partial charge is 0.395 e. The van der Waals surface area contributed by atoms with Gasteiger partial charge in [0.1, 0.15) is 0 Å². The highest BCUT2D eigenvalue weighted by Crippen LogP contribution is 2.36. The van der Waals surface area contributed by atoms with E-state index in [1.807, 2.05) is 30.3 Å². The highest BCUT2D eigenvalue weighted by Gasteiger charge is 2.34. The molecule has 1 unspecified atom stereocenters. The van der Waals surface area contributed by atoms with Crippen molar-refractivity contribution in [3.05, 3.63) is 35.9 Å². The SMILES string of the molecule is CC(C)(CN(CCO)C1CCC1)C(O)c1ccccc1. The molecular formula is C17H27NO2. The summed E-state index contributed by atoms with van der Waals surface area (Å²) in [4.78, 5) is 2.34. The van der Waals surface area contributed by atoms with E-state index in [4.69, 9.17) is 0 Å². The zero-order chi connectivity index (χ0) is 14.6. The molecule has 0 amide bonds. The molecule has 0 saturated heterocycles. The van der Waals surface area contributed by atoms with E-state index in [0.717, 1.165) is 12.1 Å². The third kappa shape index (κ3) is 3.60. The van der Waals surface area contributed by atoms with Crippen molar-refractivity contribution in [2.75, 3.05) is 19.7 Å². The monoisotopic (exact) mass is 277 g/mol. The molecule has 1 aliphatic carbocycles. The maximum atomic E-state index is 10.6. The van der Waals surface area contributed by atoms with Crippen molar-refractivity contribution in [2.45, 2.75) is 45.3 Å². The van der Waals surface area contributed by atoms with Gasteiger partial charge in [-0.25, -0.2) is 0 Å². The van der Waals surface area contributed by atoms with Gasteiger partial charge in [-0.15, -0.1) is 0 Å². The van der Waals surface area contributed by atoms with Crippen molar-refractivity contribution >= 4 is 0 Å². The molecule has 0 spiro atoms. The van der Waals surface area contributed by atoms with Gasteiger partial charge in [-0.2, -0.15) is 0 Å². The Kier molecular flexibility index (Phi) is 5.19. The Morgan fingerprint density at radius 2 is 1.90 bits per heavy atom. The lowest BCUT2D eigenvalue weighted by molar-refractivity contribution is -0.00775. The minimum atomic E-state index is -0.482. The van der Waals surface area contributed by atoms with Gasteiger partial charge in [-0.05, 0) is 18.4 Å². The standard InChI is InChI=1S/C17H27NO2/c1-17(2,16(20)14-7-4-3-5-8-14)13-18(11-12-19)15-9-6-10-15/h3-5,7-8,15-16,19-20H,6,9-13H2,1-2H3. The number of hydrogen-bond acceptors (Lipinski definition) is 3.